The zero-order valence-electron chi connectivity index (χ0n) is 12.9. The molecule has 0 unspecified atom stereocenters. The maximum absolute atomic E-state index is 12.8. The topological polar surface area (TPSA) is 95.9 Å². The number of aliphatic hydroxyl groups is 1. The van der Waals surface area contributed by atoms with Crippen molar-refractivity contribution in [3.05, 3.63) is 18.2 Å². The number of nitrogens with one attached hydrogen (secondary N) is 1. The highest BCUT2D eigenvalue weighted by atomic mass is 32.2. The summed E-state index contributed by atoms with van der Waals surface area (Å²) in [5.41, 5.74) is 0.366. The zero-order valence-corrected chi connectivity index (χ0v) is 13.7. The van der Waals surface area contributed by atoms with Crippen LogP contribution in [0.25, 0.3) is 0 Å². The molecule has 2 heterocycles. The van der Waals surface area contributed by atoms with Gasteiger partial charge in [-0.05, 0) is 43.9 Å². The van der Waals surface area contributed by atoms with Crippen molar-refractivity contribution in [1.82, 2.24) is 4.31 Å². The molecule has 1 aromatic rings. The minimum Gasteiger partial charge on any atom is -0.479 e. The van der Waals surface area contributed by atoms with E-state index in [0.29, 0.717) is 24.5 Å². The summed E-state index contributed by atoms with van der Waals surface area (Å²) in [6.07, 6.45) is 0.957. The molecule has 2 atom stereocenters. The van der Waals surface area contributed by atoms with Gasteiger partial charge in [0.15, 0.2) is 6.10 Å². The predicted octanol–water partition coefficient (Wildman–Crippen LogP) is 0.799. The number of carbonyl (C=O) groups excluding carboxylic acids is 1. The van der Waals surface area contributed by atoms with Crippen molar-refractivity contribution in [3.63, 3.8) is 0 Å². The van der Waals surface area contributed by atoms with Crippen LogP contribution in [0.2, 0.25) is 0 Å². The Bertz CT molecular complexity index is 719. The van der Waals surface area contributed by atoms with E-state index < -0.39 is 16.1 Å². The Morgan fingerprint density at radius 1 is 1.43 bits per heavy atom. The van der Waals surface area contributed by atoms with Crippen molar-refractivity contribution < 1.29 is 23.1 Å². The number of amides is 1. The Labute approximate surface area is 135 Å². The van der Waals surface area contributed by atoms with Gasteiger partial charge in [0.25, 0.3) is 5.91 Å². The average molecular weight is 340 g/mol. The highest BCUT2D eigenvalue weighted by Gasteiger charge is 2.31. The largest absolute Gasteiger partial charge is 0.479 e. The minimum absolute atomic E-state index is 0.0159. The van der Waals surface area contributed by atoms with Gasteiger partial charge in [-0.2, -0.15) is 4.31 Å². The third-order valence-corrected chi connectivity index (χ3v) is 6.12. The molecule has 1 aromatic carbocycles. The van der Waals surface area contributed by atoms with Crippen LogP contribution < -0.4 is 10.1 Å². The number of nitrogens with zero attached hydrogens (tertiary/aromatic N) is 1. The Hall–Kier alpha value is -1.64. The molecular formula is C15H20N2O5S. The van der Waals surface area contributed by atoms with Crippen LogP contribution in [0.5, 0.6) is 5.75 Å². The summed E-state index contributed by atoms with van der Waals surface area (Å²) >= 11 is 0. The molecule has 126 valence electrons. The SMILES string of the molecule is C[C@@H]1Oc2ccc(S(=O)(=O)N3CCC[C@H](CO)C3)cc2NC1=O. The van der Waals surface area contributed by atoms with Gasteiger partial charge >= 0.3 is 0 Å². The number of sulfonamides is 1. The quantitative estimate of drug-likeness (QED) is 0.848. The number of hydrogen-bond acceptors (Lipinski definition) is 5. The van der Waals surface area contributed by atoms with E-state index in [9.17, 15) is 18.3 Å². The molecule has 1 saturated heterocycles. The summed E-state index contributed by atoms with van der Waals surface area (Å²) in [7, 11) is -3.65. The first-order valence-electron chi connectivity index (χ1n) is 7.64. The van der Waals surface area contributed by atoms with Gasteiger partial charge in [-0.15, -0.1) is 0 Å². The van der Waals surface area contributed by atoms with Crippen molar-refractivity contribution in [2.45, 2.75) is 30.8 Å². The van der Waals surface area contributed by atoms with Gasteiger partial charge in [-0.25, -0.2) is 8.42 Å². The molecule has 2 N–H and O–H groups in total. The Balaban J connectivity index is 1.89. The van der Waals surface area contributed by atoms with Crippen molar-refractivity contribution in [1.29, 1.82) is 0 Å². The standard InChI is InChI=1S/C15H20N2O5S/c1-10-15(19)16-13-7-12(4-5-14(13)22-10)23(20,21)17-6-2-3-11(8-17)9-18/h4-5,7,10-11,18H,2-3,6,8-9H2,1H3,(H,16,19)/t10-,11-/m0/s1. The Morgan fingerprint density at radius 3 is 2.96 bits per heavy atom. The van der Waals surface area contributed by atoms with Crippen LogP contribution in [0.3, 0.4) is 0 Å². The number of rotatable bonds is 3. The summed E-state index contributed by atoms with van der Waals surface area (Å²) in [6, 6.07) is 4.48. The molecule has 0 spiro atoms. The lowest BCUT2D eigenvalue weighted by molar-refractivity contribution is -0.122. The number of aliphatic hydroxyl groups excluding tert-OH is 1. The lowest BCUT2D eigenvalue weighted by Gasteiger charge is -2.31. The molecule has 2 aliphatic rings. The van der Waals surface area contributed by atoms with Gasteiger partial charge in [0.2, 0.25) is 10.0 Å². The number of benzene rings is 1. The van der Waals surface area contributed by atoms with Crippen molar-refractivity contribution in [2.75, 3.05) is 25.0 Å². The van der Waals surface area contributed by atoms with Crippen LogP contribution in [0.4, 0.5) is 5.69 Å². The molecule has 23 heavy (non-hydrogen) atoms. The van der Waals surface area contributed by atoms with E-state index in [4.69, 9.17) is 4.74 Å². The van der Waals surface area contributed by atoms with Gasteiger partial charge < -0.3 is 15.2 Å². The number of carbonyl (C=O) groups is 1. The van der Waals surface area contributed by atoms with E-state index in [1.165, 1.54) is 16.4 Å². The number of fused-ring (bicyclic) bond motifs is 1. The third kappa shape index (κ3) is 3.06. The first-order valence-corrected chi connectivity index (χ1v) is 9.08. The second kappa shape index (κ2) is 6.10. The van der Waals surface area contributed by atoms with Gasteiger partial charge in [-0.1, -0.05) is 0 Å². The first-order chi connectivity index (χ1) is 10.9. The smallest absolute Gasteiger partial charge is 0.265 e. The lowest BCUT2D eigenvalue weighted by Crippen LogP contribution is -2.41. The third-order valence-electron chi connectivity index (χ3n) is 4.26. The van der Waals surface area contributed by atoms with Crippen molar-refractivity contribution in [2.24, 2.45) is 5.92 Å². The van der Waals surface area contributed by atoms with Crippen LogP contribution in [-0.2, 0) is 14.8 Å². The van der Waals surface area contributed by atoms with Crippen molar-refractivity contribution >= 4 is 21.6 Å². The van der Waals surface area contributed by atoms with Gasteiger partial charge in [-0.3, -0.25) is 4.79 Å². The molecule has 0 bridgehead atoms. The maximum atomic E-state index is 12.8. The molecule has 0 aliphatic carbocycles. The number of anilines is 1. The molecule has 8 heteroatoms. The molecule has 2 aliphatic heterocycles. The van der Waals surface area contributed by atoms with Crippen LogP contribution >= 0.6 is 0 Å². The van der Waals surface area contributed by atoms with Gasteiger partial charge in [0.05, 0.1) is 10.6 Å². The van der Waals surface area contributed by atoms with E-state index in [-0.39, 0.29) is 23.3 Å². The summed E-state index contributed by atoms with van der Waals surface area (Å²) in [5.74, 6) is 0.133. The lowest BCUT2D eigenvalue weighted by atomic mass is 10.0. The molecule has 1 amide bonds. The summed E-state index contributed by atoms with van der Waals surface area (Å²) < 4.78 is 32.4. The zero-order chi connectivity index (χ0) is 16.6. The number of hydrogen-bond donors (Lipinski definition) is 2. The molecular weight excluding hydrogens is 320 g/mol. The second-order valence-electron chi connectivity index (χ2n) is 5.96. The maximum Gasteiger partial charge on any atom is 0.265 e. The highest BCUT2D eigenvalue weighted by Crippen LogP contribution is 2.33. The highest BCUT2D eigenvalue weighted by molar-refractivity contribution is 7.89. The molecule has 1 fully saturated rings. The fourth-order valence-corrected chi connectivity index (χ4v) is 4.47. The van der Waals surface area contributed by atoms with E-state index in [1.807, 2.05) is 0 Å². The fraction of sp³-hybridized carbons (Fsp3) is 0.533. The number of piperidine rings is 1. The summed E-state index contributed by atoms with van der Waals surface area (Å²) in [4.78, 5) is 11.8. The van der Waals surface area contributed by atoms with Crippen LogP contribution in [0.15, 0.2) is 23.1 Å². The van der Waals surface area contributed by atoms with Crippen molar-refractivity contribution in [3.8, 4) is 5.75 Å². The fourth-order valence-electron chi connectivity index (χ4n) is 2.89. The van der Waals surface area contributed by atoms with Crippen LogP contribution in [0, 0.1) is 5.92 Å². The normalized spacial score (nSPS) is 25.4. The Kier molecular flexibility index (Phi) is 4.31. The van der Waals surface area contributed by atoms with E-state index in [1.54, 1.807) is 13.0 Å². The summed E-state index contributed by atoms with van der Waals surface area (Å²) in [6.45, 7) is 2.37. The Morgan fingerprint density at radius 2 is 2.22 bits per heavy atom. The van der Waals surface area contributed by atoms with E-state index in [0.717, 1.165) is 12.8 Å². The van der Waals surface area contributed by atoms with Crippen LogP contribution in [-0.4, -0.2) is 49.5 Å². The molecule has 0 radical (unpaired) electrons. The molecule has 0 saturated carbocycles. The van der Waals surface area contributed by atoms with Crippen LogP contribution in [0.1, 0.15) is 19.8 Å². The molecule has 7 nitrogen and oxygen atoms in total. The summed E-state index contributed by atoms with van der Waals surface area (Å²) in [5, 5.41) is 11.9. The minimum atomic E-state index is -3.65. The molecule has 0 aromatic heterocycles. The van der Waals surface area contributed by atoms with Gasteiger partial charge in [0, 0.05) is 19.7 Å². The average Bonchev–Trinajstić information content (AvgIpc) is 2.55. The monoisotopic (exact) mass is 340 g/mol. The first kappa shape index (κ1) is 16.2. The predicted molar refractivity (Wildman–Crippen MR) is 83.7 cm³/mol. The second-order valence-corrected chi connectivity index (χ2v) is 7.90. The number of ether oxygens (including phenoxy) is 1. The van der Waals surface area contributed by atoms with Gasteiger partial charge in [0.1, 0.15) is 5.75 Å². The molecule has 3 rings (SSSR count). The van der Waals surface area contributed by atoms with E-state index >= 15 is 0 Å². The van der Waals surface area contributed by atoms with E-state index in [2.05, 4.69) is 5.32 Å².